The molecule has 1 aliphatic rings. The van der Waals surface area contributed by atoms with E-state index in [2.05, 4.69) is 41.6 Å². The summed E-state index contributed by atoms with van der Waals surface area (Å²) in [4.78, 5) is 12.4. The molecule has 1 N–H and O–H groups in total. The Morgan fingerprint density at radius 3 is 2.68 bits per heavy atom. The number of carbonyl (C=O) groups is 1. The molecule has 1 atom stereocenters. The van der Waals surface area contributed by atoms with Crippen LogP contribution in [0.5, 0.6) is 0 Å². The molecule has 0 saturated heterocycles. The Balaban J connectivity index is 1.50. The second kappa shape index (κ2) is 6.53. The maximum absolute atomic E-state index is 12.4. The van der Waals surface area contributed by atoms with Gasteiger partial charge in [0.1, 0.15) is 6.10 Å². The molecule has 2 aromatic carbocycles. The standard InChI is InChI=1S/C20H19N3O2/c1-14-7-9-15(10-8-14)19-12-23-17(13-25-19)11-18(22-23)20(24)21-16-5-3-2-4-6-16/h2-11,19H,12-13H2,1H3,(H,21,24). The second-order valence-electron chi connectivity index (χ2n) is 6.23. The maximum Gasteiger partial charge on any atom is 0.276 e. The van der Waals surface area contributed by atoms with E-state index in [0.717, 1.165) is 16.9 Å². The van der Waals surface area contributed by atoms with Gasteiger partial charge >= 0.3 is 0 Å². The zero-order valence-corrected chi connectivity index (χ0v) is 14.0. The molecular weight excluding hydrogens is 314 g/mol. The Kier molecular flexibility index (Phi) is 4.07. The SMILES string of the molecule is Cc1ccc(C2Cn3nc(C(=O)Nc4ccccc4)cc3CO2)cc1. The van der Waals surface area contributed by atoms with Crippen LogP contribution in [-0.4, -0.2) is 15.7 Å². The Morgan fingerprint density at radius 1 is 1.16 bits per heavy atom. The van der Waals surface area contributed by atoms with Gasteiger partial charge in [-0.25, -0.2) is 0 Å². The Labute approximate surface area is 146 Å². The van der Waals surface area contributed by atoms with Crippen LogP contribution >= 0.6 is 0 Å². The van der Waals surface area contributed by atoms with Gasteiger partial charge in [0, 0.05) is 5.69 Å². The summed E-state index contributed by atoms with van der Waals surface area (Å²) in [5.74, 6) is -0.208. The van der Waals surface area contributed by atoms with E-state index in [4.69, 9.17) is 4.74 Å². The highest BCUT2D eigenvalue weighted by molar-refractivity contribution is 6.02. The first-order valence-electron chi connectivity index (χ1n) is 8.30. The van der Waals surface area contributed by atoms with Crippen molar-refractivity contribution in [3.63, 3.8) is 0 Å². The van der Waals surface area contributed by atoms with E-state index in [0.29, 0.717) is 18.8 Å². The van der Waals surface area contributed by atoms with Crippen molar-refractivity contribution in [1.29, 1.82) is 0 Å². The summed E-state index contributed by atoms with van der Waals surface area (Å²) in [5, 5.41) is 7.33. The molecule has 5 heteroatoms. The third-order valence-electron chi connectivity index (χ3n) is 4.35. The van der Waals surface area contributed by atoms with Crippen LogP contribution in [0.25, 0.3) is 0 Å². The molecule has 0 fully saturated rings. The van der Waals surface area contributed by atoms with E-state index in [1.807, 2.05) is 35.0 Å². The minimum absolute atomic E-state index is 0.0435. The fourth-order valence-electron chi connectivity index (χ4n) is 2.94. The van der Waals surface area contributed by atoms with E-state index in [1.165, 1.54) is 5.56 Å². The van der Waals surface area contributed by atoms with Crippen molar-refractivity contribution in [1.82, 2.24) is 9.78 Å². The molecule has 1 aromatic heterocycles. The average Bonchev–Trinajstić information content (AvgIpc) is 3.06. The number of aromatic nitrogens is 2. The smallest absolute Gasteiger partial charge is 0.276 e. The molecular formula is C20H19N3O2. The van der Waals surface area contributed by atoms with Gasteiger partial charge in [0.15, 0.2) is 5.69 Å². The van der Waals surface area contributed by atoms with Crippen molar-refractivity contribution >= 4 is 11.6 Å². The largest absolute Gasteiger partial charge is 0.365 e. The molecule has 3 aromatic rings. The van der Waals surface area contributed by atoms with Crippen LogP contribution in [0.4, 0.5) is 5.69 Å². The van der Waals surface area contributed by atoms with E-state index < -0.39 is 0 Å². The number of nitrogens with one attached hydrogen (secondary N) is 1. The van der Waals surface area contributed by atoms with Crippen LogP contribution in [0.2, 0.25) is 0 Å². The maximum atomic E-state index is 12.4. The number of hydrogen-bond acceptors (Lipinski definition) is 3. The second-order valence-corrected chi connectivity index (χ2v) is 6.23. The molecule has 5 nitrogen and oxygen atoms in total. The van der Waals surface area contributed by atoms with Crippen molar-refractivity contribution < 1.29 is 9.53 Å². The van der Waals surface area contributed by atoms with E-state index in [9.17, 15) is 4.79 Å². The molecule has 0 radical (unpaired) electrons. The normalized spacial score (nSPS) is 16.3. The van der Waals surface area contributed by atoms with Crippen molar-refractivity contribution in [2.45, 2.75) is 26.2 Å². The molecule has 1 amide bonds. The van der Waals surface area contributed by atoms with Gasteiger partial charge in [-0.2, -0.15) is 5.10 Å². The highest BCUT2D eigenvalue weighted by atomic mass is 16.5. The molecule has 0 saturated carbocycles. The molecule has 0 spiro atoms. The minimum Gasteiger partial charge on any atom is -0.365 e. The summed E-state index contributed by atoms with van der Waals surface area (Å²) >= 11 is 0. The third kappa shape index (κ3) is 3.32. The predicted octanol–water partition coefficient (Wildman–Crippen LogP) is 3.72. The van der Waals surface area contributed by atoms with Crippen LogP contribution in [0.15, 0.2) is 60.7 Å². The fraction of sp³-hybridized carbons (Fsp3) is 0.200. The molecule has 2 heterocycles. The van der Waals surface area contributed by atoms with Crippen LogP contribution < -0.4 is 5.32 Å². The lowest BCUT2D eigenvalue weighted by molar-refractivity contribution is -0.00119. The fourth-order valence-corrected chi connectivity index (χ4v) is 2.94. The third-order valence-corrected chi connectivity index (χ3v) is 4.35. The first kappa shape index (κ1) is 15.6. The zero-order valence-electron chi connectivity index (χ0n) is 14.0. The highest BCUT2D eigenvalue weighted by Crippen LogP contribution is 2.27. The van der Waals surface area contributed by atoms with Gasteiger partial charge in [0.25, 0.3) is 5.91 Å². The number of carbonyl (C=O) groups excluding carboxylic acids is 1. The number of para-hydroxylation sites is 1. The zero-order chi connectivity index (χ0) is 17.2. The molecule has 25 heavy (non-hydrogen) atoms. The van der Waals surface area contributed by atoms with Crippen molar-refractivity contribution in [2.24, 2.45) is 0 Å². The van der Waals surface area contributed by atoms with E-state index in [1.54, 1.807) is 6.07 Å². The molecule has 0 bridgehead atoms. The Bertz CT molecular complexity index is 885. The summed E-state index contributed by atoms with van der Waals surface area (Å²) < 4.78 is 7.82. The molecule has 126 valence electrons. The van der Waals surface area contributed by atoms with E-state index in [-0.39, 0.29) is 12.0 Å². The van der Waals surface area contributed by atoms with Crippen LogP contribution in [0.1, 0.15) is 33.4 Å². The van der Waals surface area contributed by atoms with Crippen LogP contribution in [0, 0.1) is 6.92 Å². The van der Waals surface area contributed by atoms with Gasteiger partial charge in [0.2, 0.25) is 0 Å². The minimum atomic E-state index is -0.208. The summed E-state index contributed by atoms with van der Waals surface area (Å²) in [6.07, 6.45) is -0.0435. The Hall–Kier alpha value is -2.92. The highest BCUT2D eigenvalue weighted by Gasteiger charge is 2.24. The number of fused-ring (bicyclic) bond motifs is 1. The summed E-state index contributed by atoms with van der Waals surface area (Å²) in [6, 6.07) is 19.5. The van der Waals surface area contributed by atoms with Crippen LogP contribution in [0.3, 0.4) is 0 Å². The van der Waals surface area contributed by atoms with Gasteiger partial charge in [-0.05, 0) is 30.7 Å². The lowest BCUT2D eigenvalue weighted by atomic mass is 10.1. The molecule has 1 aliphatic heterocycles. The lowest BCUT2D eigenvalue weighted by Gasteiger charge is -2.24. The van der Waals surface area contributed by atoms with Gasteiger partial charge in [0.05, 0.1) is 18.8 Å². The lowest BCUT2D eigenvalue weighted by Crippen LogP contribution is -2.22. The summed E-state index contributed by atoms with van der Waals surface area (Å²) in [6.45, 7) is 3.12. The number of rotatable bonds is 3. The van der Waals surface area contributed by atoms with Gasteiger partial charge in [-0.1, -0.05) is 48.0 Å². The van der Waals surface area contributed by atoms with Gasteiger partial charge < -0.3 is 10.1 Å². The number of amides is 1. The number of hydrogen-bond donors (Lipinski definition) is 1. The van der Waals surface area contributed by atoms with Crippen molar-refractivity contribution in [3.8, 4) is 0 Å². The van der Waals surface area contributed by atoms with Gasteiger partial charge in [-0.3, -0.25) is 9.48 Å². The topological polar surface area (TPSA) is 56.2 Å². The number of benzene rings is 2. The first-order valence-corrected chi connectivity index (χ1v) is 8.30. The number of ether oxygens (including phenoxy) is 1. The van der Waals surface area contributed by atoms with Gasteiger partial charge in [-0.15, -0.1) is 0 Å². The quantitative estimate of drug-likeness (QED) is 0.795. The number of aryl methyl sites for hydroxylation is 1. The van der Waals surface area contributed by atoms with Crippen LogP contribution in [-0.2, 0) is 17.9 Å². The molecule has 1 unspecified atom stereocenters. The van der Waals surface area contributed by atoms with E-state index >= 15 is 0 Å². The van der Waals surface area contributed by atoms with Crippen molar-refractivity contribution in [3.05, 3.63) is 83.2 Å². The number of nitrogens with zero attached hydrogens (tertiary/aromatic N) is 2. The molecule has 0 aliphatic carbocycles. The average molecular weight is 333 g/mol. The Morgan fingerprint density at radius 2 is 1.92 bits per heavy atom. The summed E-state index contributed by atoms with van der Waals surface area (Å²) in [5.41, 5.74) is 4.43. The predicted molar refractivity (Wildman–Crippen MR) is 95.3 cm³/mol. The monoisotopic (exact) mass is 333 g/mol. The molecule has 4 rings (SSSR count). The summed E-state index contributed by atoms with van der Waals surface area (Å²) in [7, 11) is 0. The first-order chi connectivity index (χ1) is 12.2. The van der Waals surface area contributed by atoms with Crippen molar-refractivity contribution in [2.75, 3.05) is 5.32 Å². The number of anilines is 1.